The van der Waals surface area contributed by atoms with Gasteiger partial charge in [-0.2, -0.15) is 0 Å². The smallest absolute Gasteiger partial charge is 0.132 e. The highest BCUT2D eigenvalue weighted by Crippen LogP contribution is 2.70. The van der Waals surface area contributed by atoms with E-state index in [2.05, 4.69) is 471 Å². The maximum atomic E-state index is 6.90. The minimum Gasteiger partial charge on any atom is -0.457 e. The van der Waals surface area contributed by atoms with Gasteiger partial charge < -0.3 is 19.3 Å². The van der Waals surface area contributed by atoms with E-state index in [1.165, 1.54) is 131 Å². The van der Waals surface area contributed by atoms with Crippen LogP contribution in [0.15, 0.2) is 481 Å². The molecule has 20 aromatic rings. The van der Waals surface area contributed by atoms with Crippen LogP contribution in [-0.2, 0) is 21.7 Å². The van der Waals surface area contributed by atoms with Crippen LogP contribution in [-0.4, -0.2) is 0 Å². The lowest BCUT2D eigenvalue weighted by Crippen LogP contribution is -2.32. The summed E-state index contributed by atoms with van der Waals surface area (Å²) in [5.41, 5.74) is 40.4. The van der Waals surface area contributed by atoms with Crippen molar-refractivity contribution in [3.8, 4) is 101 Å². The van der Waals surface area contributed by atoms with E-state index < -0.39 is 21.7 Å². The van der Waals surface area contributed by atoms with Crippen molar-refractivity contribution in [1.82, 2.24) is 0 Å². The van der Waals surface area contributed by atoms with Crippen molar-refractivity contribution in [1.29, 1.82) is 0 Å². The maximum absolute atomic E-state index is 6.90. The summed E-state index contributed by atoms with van der Waals surface area (Å²) in [6.07, 6.45) is 0. The van der Waals surface area contributed by atoms with Crippen molar-refractivity contribution in [2.24, 2.45) is 0 Å². The topological polar surface area (TPSA) is 24.9 Å². The van der Waals surface area contributed by atoms with Gasteiger partial charge in [0, 0.05) is 75.7 Å². The fourth-order valence-corrected chi connectivity index (χ4v) is 26.7. The Labute approximate surface area is 763 Å². The Kier molecular flexibility index (Phi) is 15.8. The first-order chi connectivity index (χ1) is 64.4. The number of ether oxygens (including phenoxy) is 2. The molecule has 0 amide bonds. The molecule has 6 heteroatoms. The predicted octanol–water partition coefficient (Wildman–Crippen LogP) is 32.2. The molecule has 4 aliphatic carbocycles. The molecule has 0 fully saturated rings. The van der Waals surface area contributed by atoms with E-state index in [1.807, 2.05) is 23.5 Å². The van der Waals surface area contributed by atoms with E-state index in [1.54, 1.807) is 0 Å². The van der Waals surface area contributed by atoms with Crippen LogP contribution >= 0.6 is 23.5 Å². The van der Waals surface area contributed by atoms with Gasteiger partial charge in [-0.15, -0.1) is 0 Å². The van der Waals surface area contributed by atoms with Crippen molar-refractivity contribution >= 4 is 57.6 Å². The van der Waals surface area contributed by atoms with Crippen LogP contribution in [0.2, 0.25) is 0 Å². The lowest BCUT2D eigenvalue weighted by molar-refractivity contribution is 0.436. The molecule has 20 aromatic carbocycles. The van der Waals surface area contributed by atoms with Crippen LogP contribution in [0.5, 0.6) is 23.0 Å². The van der Waals surface area contributed by atoms with Crippen molar-refractivity contribution in [3.05, 3.63) is 550 Å². The molecule has 8 aliphatic rings. The van der Waals surface area contributed by atoms with Gasteiger partial charge in [-0.3, -0.25) is 0 Å². The second-order valence-corrected chi connectivity index (χ2v) is 37.5. The molecule has 0 aromatic heterocycles. The lowest BCUT2D eigenvalue weighted by Gasteiger charge is -2.40. The molecule has 0 N–H and O–H groups in total. The van der Waals surface area contributed by atoms with Crippen LogP contribution in [0.25, 0.3) is 77.9 Å². The third-order valence-corrected chi connectivity index (χ3v) is 31.6. The van der Waals surface area contributed by atoms with E-state index in [0.29, 0.717) is 0 Å². The standard InChI is InChI=1S/C124H76N2O2S2/c1-5-37-93-87(33-1)89-71-69-85(75-107(89)123(93)101-45-13-21-57-115(101)129-116-58-22-14-46-102(116)123)125(109-51-27-49-105-119(109)91-35-3-7-39-95(91)121(105)97-41-9-17-53-111(97)127-112-54-18-10-42-98(112)121)83-67-65-79(66-68-83)81-30-25-29-80(73-81)77-61-63-78(64-62-77)82-31-26-32-84(74-82)126(86-70-72-90-88-34-2-6-38-94(88)124(108(90)76-86)103-47-15-23-59-117(103)130-118-60-24-16-48-104(118)124)110-52-28-50-106-120(110)92-36-4-8-40-96(92)122(106)99-43-11-19-55-113(99)128-114-56-20-12-44-100(114)122/h1-76H. The maximum Gasteiger partial charge on any atom is 0.132 e. The number of rotatable bonds is 9. The molecular formula is C124H76N2O2S2. The van der Waals surface area contributed by atoms with Gasteiger partial charge in [-0.1, -0.05) is 369 Å². The number of nitrogens with zero attached hydrogens (tertiary/aromatic N) is 2. The summed E-state index contributed by atoms with van der Waals surface area (Å²) in [6.45, 7) is 0. The normalized spacial score (nSPS) is 14.6. The molecule has 28 rings (SSSR count). The second-order valence-electron chi connectivity index (χ2n) is 35.3. The zero-order chi connectivity index (χ0) is 85.1. The van der Waals surface area contributed by atoms with Gasteiger partial charge in [0.05, 0.1) is 33.0 Å². The fourth-order valence-electron chi connectivity index (χ4n) is 24.3. The number of anilines is 6. The summed E-state index contributed by atoms with van der Waals surface area (Å²) in [5, 5.41) is 0. The summed E-state index contributed by atoms with van der Waals surface area (Å²) < 4.78 is 13.8. The average Bonchev–Trinajstić information content (AvgIpc) is 1.52. The summed E-state index contributed by atoms with van der Waals surface area (Å²) in [5.74, 6) is 3.48. The van der Waals surface area contributed by atoms with Gasteiger partial charge in [0.1, 0.15) is 23.0 Å². The summed E-state index contributed by atoms with van der Waals surface area (Å²) in [7, 11) is 0. The van der Waals surface area contributed by atoms with Crippen molar-refractivity contribution in [2.45, 2.75) is 41.2 Å². The fraction of sp³-hybridized carbons (Fsp3) is 0.0323. The van der Waals surface area contributed by atoms with Gasteiger partial charge in [0.2, 0.25) is 0 Å². The Morgan fingerprint density at radius 2 is 0.423 bits per heavy atom. The molecular weight excluding hydrogens is 1610 g/mol. The second kappa shape index (κ2) is 27.9. The first kappa shape index (κ1) is 73.5. The largest absolute Gasteiger partial charge is 0.457 e. The van der Waals surface area contributed by atoms with Crippen LogP contribution in [0.4, 0.5) is 34.1 Å². The molecule has 606 valence electrons. The molecule has 4 nitrogen and oxygen atoms in total. The highest BCUT2D eigenvalue weighted by molar-refractivity contribution is 7.99. The SMILES string of the molecule is c1cc(-c2ccc(-c3cccc(N(c4ccc5c(c4)C4(c6ccccc6Sc6ccccc64)c4ccccc4-5)c4cccc5c4-c4ccccc4C54c5ccccc5Oc5ccccc54)c3)cc2)cc(-c2ccc(N(c3ccc4c(c3)C3(c5ccccc5Sc5ccccc53)c3ccccc3-4)c3cccc4c3-c3ccccc3C43c4ccccc4Oc4ccccc43)cc2)c1. The predicted molar refractivity (Wildman–Crippen MR) is 530 cm³/mol. The Hall–Kier alpha value is -15.7. The van der Waals surface area contributed by atoms with Crippen molar-refractivity contribution in [3.63, 3.8) is 0 Å². The van der Waals surface area contributed by atoms with E-state index in [-0.39, 0.29) is 0 Å². The summed E-state index contributed by atoms with van der Waals surface area (Å²) in [6, 6.07) is 173. The minimum absolute atomic E-state index is 0.586. The van der Waals surface area contributed by atoms with Crippen LogP contribution in [0, 0.1) is 0 Å². The van der Waals surface area contributed by atoms with Crippen molar-refractivity contribution in [2.75, 3.05) is 9.80 Å². The Bertz CT molecular complexity index is 8060. The molecule has 0 saturated heterocycles. The third kappa shape index (κ3) is 9.93. The number of hydrogen-bond donors (Lipinski definition) is 0. The zero-order valence-corrected chi connectivity index (χ0v) is 72.0. The van der Waals surface area contributed by atoms with E-state index in [9.17, 15) is 0 Å². The van der Waals surface area contributed by atoms with Crippen LogP contribution in [0.3, 0.4) is 0 Å². The van der Waals surface area contributed by atoms with Gasteiger partial charge in [-0.05, 0) is 249 Å². The number of hydrogen-bond acceptors (Lipinski definition) is 6. The monoisotopic (exact) mass is 1690 g/mol. The quantitative estimate of drug-likeness (QED) is 0.143. The van der Waals surface area contributed by atoms with Gasteiger partial charge >= 0.3 is 0 Å². The molecule has 130 heavy (non-hydrogen) atoms. The Morgan fingerprint density at radius 3 is 0.815 bits per heavy atom. The molecule has 0 bridgehead atoms. The molecule has 0 atom stereocenters. The van der Waals surface area contributed by atoms with Gasteiger partial charge in [0.15, 0.2) is 0 Å². The molecule has 0 radical (unpaired) electrons. The van der Waals surface area contributed by atoms with Crippen LogP contribution < -0.4 is 19.3 Å². The molecule has 4 spiro atoms. The highest BCUT2D eigenvalue weighted by Gasteiger charge is 2.57. The number of benzene rings is 20. The zero-order valence-electron chi connectivity index (χ0n) is 70.4. The lowest BCUT2D eigenvalue weighted by atomic mass is 9.66. The van der Waals surface area contributed by atoms with Gasteiger partial charge in [0.25, 0.3) is 0 Å². The van der Waals surface area contributed by atoms with E-state index in [0.717, 1.165) is 113 Å². The molecule has 4 aliphatic heterocycles. The van der Waals surface area contributed by atoms with Gasteiger partial charge in [-0.25, -0.2) is 0 Å². The summed E-state index contributed by atoms with van der Waals surface area (Å²) >= 11 is 3.76. The number of fused-ring (bicyclic) bond motifs is 36. The first-order valence-electron chi connectivity index (χ1n) is 44.9. The molecule has 4 heterocycles. The Morgan fingerprint density at radius 1 is 0.162 bits per heavy atom. The molecule has 0 unspecified atom stereocenters. The Balaban J connectivity index is 0.574. The third-order valence-electron chi connectivity index (χ3n) is 29.3. The molecule has 0 saturated carbocycles. The minimum atomic E-state index is -0.677. The van der Waals surface area contributed by atoms with Crippen molar-refractivity contribution < 1.29 is 9.47 Å². The highest BCUT2D eigenvalue weighted by atomic mass is 32.2. The number of para-hydroxylation sites is 4. The average molecular weight is 1690 g/mol. The van der Waals surface area contributed by atoms with E-state index >= 15 is 0 Å². The van der Waals surface area contributed by atoms with Crippen LogP contribution in [0.1, 0.15) is 89.0 Å². The van der Waals surface area contributed by atoms with E-state index in [4.69, 9.17) is 9.47 Å². The summed E-state index contributed by atoms with van der Waals surface area (Å²) in [4.78, 5) is 10.2. The first-order valence-corrected chi connectivity index (χ1v) is 46.5.